The summed E-state index contributed by atoms with van der Waals surface area (Å²) in [6.07, 6.45) is -6.47. The lowest BCUT2D eigenvalue weighted by molar-refractivity contribution is -0.266. The number of alkyl halides is 3. The van der Waals surface area contributed by atoms with E-state index in [-0.39, 0.29) is 11.3 Å². The highest BCUT2D eigenvalue weighted by Gasteiger charge is 2.56. The third-order valence-corrected chi connectivity index (χ3v) is 5.23. The van der Waals surface area contributed by atoms with Crippen LogP contribution in [0.5, 0.6) is 0 Å². The predicted molar refractivity (Wildman–Crippen MR) is 102 cm³/mol. The number of nitrogens with one attached hydrogen (secondary N) is 1. The van der Waals surface area contributed by atoms with Gasteiger partial charge in [0.15, 0.2) is 5.60 Å². The molecule has 0 spiro atoms. The maximum absolute atomic E-state index is 14.0. The minimum absolute atomic E-state index is 0.0172. The largest absolute Gasteiger partial charge is 0.417 e. The Morgan fingerprint density at radius 1 is 1.07 bits per heavy atom. The Bertz CT molecular complexity index is 1080. The number of benzene rings is 2. The number of hydrogen-bond acceptors (Lipinski definition) is 2. The van der Waals surface area contributed by atoms with Gasteiger partial charge < -0.3 is 10.1 Å². The van der Waals surface area contributed by atoms with E-state index in [0.29, 0.717) is 16.5 Å². The van der Waals surface area contributed by atoms with Gasteiger partial charge in [-0.3, -0.25) is 0 Å². The number of halogens is 4. The van der Waals surface area contributed by atoms with Gasteiger partial charge in [-0.15, -0.1) is 0 Å². The molecule has 1 heterocycles. The fraction of sp³-hybridized carbons (Fsp3) is 0.318. The summed E-state index contributed by atoms with van der Waals surface area (Å²) in [5, 5.41) is 20.7. The second-order valence-electron chi connectivity index (χ2n) is 7.91. The summed E-state index contributed by atoms with van der Waals surface area (Å²) >= 11 is 0. The van der Waals surface area contributed by atoms with Crippen LogP contribution in [0.25, 0.3) is 10.9 Å². The molecule has 0 fully saturated rings. The number of aliphatic hydroxyl groups is 1. The van der Waals surface area contributed by atoms with Crippen LogP contribution in [0.4, 0.5) is 17.6 Å². The highest BCUT2D eigenvalue weighted by Crippen LogP contribution is 2.43. The Morgan fingerprint density at radius 3 is 2.38 bits per heavy atom. The third-order valence-electron chi connectivity index (χ3n) is 5.23. The molecule has 1 aromatic heterocycles. The lowest BCUT2D eigenvalue weighted by Crippen LogP contribution is -2.51. The Labute approximate surface area is 165 Å². The van der Waals surface area contributed by atoms with E-state index in [9.17, 15) is 27.9 Å². The average molecular weight is 404 g/mol. The zero-order valence-electron chi connectivity index (χ0n) is 15.9. The molecule has 1 unspecified atom stereocenters. The van der Waals surface area contributed by atoms with E-state index < -0.39 is 35.9 Å². The summed E-state index contributed by atoms with van der Waals surface area (Å²) < 4.78 is 55.6. The standard InChI is InChI=1S/C22H20F4N2O/c1-20(2,14-6-5-7-15(23)10-14)13-21(29,22(24,25)26)11-19-17(12-27)16-8-3-4-9-18(16)28-19/h3-10,28-29H,11,13H2,1-2H3. The number of hydrogen-bond donors (Lipinski definition) is 2. The first-order valence-corrected chi connectivity index (χ1v) is 9.02. The van der Waals surface area contributed by atoms with Crippen molar-refractivity contribution in [1.82, 2.24) is 4.98 Å². The molecule has 0 aliphatic heterocycles. The number of nitrogens with zero attached hydrogens (tertiary/aromatic N) is 1. The fourth-order valence-electron chi connectivity index (χ4n) is 3.76. The van der Waals surface area contributed by atoms with Gasteiger partial charge in [0.25, 0.3) is 0 Å². The number of aromatic nitrogens is 1. The van der Waals surface area contributed by atoms with Crippen molar-refractivity contribution < 1.29 is 22.7 Å². The molecule has 0 aliphatic rings. The highest BCUT2D eigenvalue weighted by atomic mass is 19.4. The second-order valence-corrected chi connectivity index (χ2v) is 7.91. The quantitative estimate of drug-likeness (QED) is 0.561. The Hall–Kier alpha value is -2.85. The molecule has 0 saturated carbocycles. The first-order chi connectivity index (χ1) is 13.5. The van der Waals surface area contributed by atoms with Crippen molar-refractivity contribution in [3.8, 4) is 6.07 Å². The summed E-state index contributed by atoms with van der Waals surface area (Å²) in [6.45, 7) is 3.05. The summed E-state index contributed by atoms with van der Waals surface area (Å²) in [5.41, 5.74) is -3.33. The Balaban J connectivity index is 2.04. The number of para-hydroxylation sites is 1. The Morgan fingerprint density at radius 2 is 1.76 bits per heavy atom. The van der Waals surface area contributed by atoms with Crippen LogP contribution in [0, 0.1) is 17.1 Å². The molecular formula is C22H20F4N2O. The van der Waals surface area contributed by atoms with Crippen molar-refractivity contribution in [2.24, 2.45) is 0 Å². The molecule has 0 aliphatic carbocycles. The maximum Gasteiger partial charge on any atom is 0.417 e. The van der Waals surface area contributed by atoms with Gasteiger partial charge in [-0.25, -0.2) is 4.39 Å². The van der Waals surface area contributed by atoms with Gasteiger partial charge in [0.1, 0.15) is 11.9 Å². The van der Waals surface area contributed by atoms with E-state index in [1.54, 1.807) is 24.3 Å². The van der Waals surface area contributed by atoms with Crippen LogP contribution >= 0.6 is 0 Å². The molecular weight excluding hydrogens is 384 g/mol. The van der Waals surface area contributed by atoms with E-state index in [2.05, 4.69) is 4.98 Å². The lowest BCUT2D eigenvalue weighted by atomic mass is 9.73. The minimum Gasteiger partial charge on any atom is -0.380 e. The molecule has 29 heavy (non-hydrogen) atoms. The SMILES string of the molecule is CC(C)(CC(O)(Cc1[nH]c2ccccc2c1C#N)C(F)(F)F)c1cccc(F)c1. The molecule has 0 amide bonds. The monoisotopic (exact) mass is 404 g/mol. The molecule has 152 valence electrons. The zero-order chi connectivity index (χ0) is 21.4. The van der Waals surface area contributed by atoms with Gasteiger partial charge in [-0.1, -0.05) is 44.2 Å². The van der Waals surface area contributed by atoms with E-state index in [1.165, 1.54) is 38.1 Å². The first-order valence-electron chi connectivity index (χ1n) is 9.02. The topological polar surface area (TPSA) is 59.8 Å². The van der Waals surface area contributed by atoms with Crippen LogP contribution < -0.4 is 0 Å². The summed E-state index contributed by atoms with van der Waals surface area (Å²) in [7, 11) is 0. The van der Waals surface area contributed by atoms with Gasteiger partial charge in [-0.2, -0.15) is 18.4 Å². The molecule has 0 radical (unpaired) electrons. The average Bonchev–Trinajstić information content (AvgIpc) is 2.97. The van der Waals surface area contributed by atoms with E-state index in [1.807, 2.05) is 6.07 Å². The molecule has 3 rings (SSSR count). The number of H-pyrrole nitrogens is 1. The van der Waals surface area contributed by atoms with E-state index >= 15 is 0 Å². The molecule has 3 nitrogen and oxygen atoms in total. The van der Waals surface area contributed by atoms with Crippen LogP contribution in [-0.2, 0) is 11.8 Å². The summed E-state index contributed by atoms with van der Waals surface area (Å²) in [5.74, 6) is -0.562. The van der Waals surface area contributed by atoms with Crippen LogP contribution in [0.2, 0.25) is 0 Å². The molecule has 1 atom stereocenters. The van der Waals surface area contributed by atoms with E-state index in [0.717, 1.165) is 0 Å². The maximum atomic E-state index is 14.0. The predicted octanol–water partition coefficient (Wildman–Crippen LogP) is 5.38. The Kier molecular flexibility index (Phi) is 5.18. The van der Waals surface area contributed by atoms with Gasteiger partial charge in [0.05, 0.1) is 5.56 Å². The first kappa shape index (κ1) is 20.9. The highest BCUT2D eigenvalue weighted by molar-refractivity contribution is 5.87. The van der Waals surface area contributed by atoms with Crippen LogP contribution in [-0.4, -0.2) is 21.9 Å². The molecule has 3 aromatic rings. The van der Waals surface area contributed by atoms with E-state index in [4.69, 9.17) is 0 Å². The molecule has 0 saturated heterocycles. The van der Waals surface area contributed by atoms with Crippen molar-refractivity contribution in [3.63, 3.8) is 0 Å². The third kappa shape index (κ3) is 3.99. The van der Waals surface area contributed by atoms with Crippen molar-refractivity contribution in [3.05, 3.63) is 71.2 Å². The number of fused-ring (bicyclic) bond motifs is 1. The van der Waals surface area contributed by atoms with Crippen molar-refractivity contribution in [2.75, 3.05) is 0 Å². The molecule has 7 heteroatoms. The van der Waals surface area contributed by atoms with Crippen LogP contribution in [0.3, 0.4) is 0 Å². The smallest absolute Gasteiger partial charge is 0.380 e. The molecule has 2 aromatic carbocycles. The number of nitriles is 1. The van der Waals surface area contributed by atoms with Gasteiger partial charge in [-0.05, 0) is 35.6 Å². The van der Waals surface area contributed by atoms with Gasteiger partial charge in [0, 0.05) is 23.0 Å². The van der Waals surface area contributed by atoms with Gasteiger partial charge >= 0.3 is 6.18 Å². The van der Waals surface area contributed by atoms with Crippen molar-refractivity contribution >= 4 is 10.9 Å². The van der Waals surface area contributed by atoms with Crippen LogP contribution in [0.15, 0.2) is 48.5 Å². The fourth-order valence-corrected chi connectivity index (χ4v) is 3.76. The van der Waals surface area contributed by atoms with Crippen LogP contribution in [0.1, 0.15) is 37.1 Å². The summed E-state index contributed by atoms with van der Waals surface area (Å²) in [6, 6.07) is 13.9. The number of rotatable bonds is 5. The summed E-state index contributed by atoms with van der Waals surface area (Å²) in [4.78, 5) is 2.84. The normalized spacial score (nSPS) is 14.6. The lowest BCUT2D eigenvalue weighted by Gasteiger charge is -2.38. The minimum atomic E-state index is -4.96. The number of aromatic amines is 1. The zero-order valence-corrected chi connectivity index (χ0v) is 15.9. The molecule has 0 bridgehead atoms. The van der Waals surface area contributed by atoms with Crippen molar-refractivity contribution in [2.45, 2.75) is 43.9 Å². The molecule has 2 N–H and O–H groups in total. The van der Waals surface area contributed by atoms with Crippen molar-refractivity contribution in [1.29, 1.82) is 5.26 Å². The van der Waals surface area contributed by atoms with Gasteiger partial charge in [0.2, 0.25) is 0 Å². The second kappa shape index (κ2) is 7.20.